The summed E-state index contributed by atoms with van der Waals surface area (Å²) in [5.41, 5.74) is 10.0. The molecule has 0 amide bonds. The highest BCUT2D eigenvalue weighted by Gasteiger charge is 2.04. The molecule has 100 valence electrons. The van der Waals surface area contributed by atoms with Crippen molar-refractivity contribution in [2.75, 3.05) is 18.2 Å². The average Bonchev–Trinajstić information content (AvgIpc) is 2.40. The lowest BCUT2D eigenvalue weighted by Gasteiger charge is -2.12. The third-order valence-electron chi connectivity index (χ3n) is 2.92. The summed E-state index contributed by atoms with van der Waals surface area (Å²) in [5.74, 6) is 0.720. The van der Waals surface area contributed by atoms with Crippen LogP contribution in [0.25, 0.3) is 0 Å². The molecule has 0 aliphatic heterocycles. The molecule has 1 aromatic heterocycles. The maximum Gasteiger partial charge on any atom is 0.149 e. The molecule has 0 radical (unpaired) electrons. The fraction of sp³-hybridized carbons (Fsp3) is 0.267. The van der Waals surface area contributed by atoms with Gasteiger partial charge in [-0.25, -0.2) is 4.98 Å². The summed E-state index contributed by atoms with van der Waals surface area (Å²) in [4.78, 5) is 4.30. The molecule has 0 aliphatic carbocycles. The largest absolute Gasteiger partial charge is 0.396 e. The molecule has 0 aliphatic rings. The normalized spacial score (nSPS) is 10.4. The number of nitrogens with zero attached hydrogens (tertiary/aromatic N) is 1. The van der Waals surface area contributed by atoms with Gasteiger partial charge in [0.05, 0.1) is 12.3 Å². The number of nitrogens with one attached hydrogen (secondary N) is 1. The average molecular weight is 257 g/mol. The number of nitrogens with two attached hydrogens (primary N) is 1. The maximum atomic E-state index is 5.93. The van der Waals surface area contributed by atoms with E-state index in [1.165, 1.54) is 11.1 Å². The van der Waals surface area contributed by atoms with Crippen LogP contribution in [-0.2, 0) is 17.9 Å². The molecule has 0 fully saturated rings. The first-order valence-electron chi connectivity index (χ1n) is 6.22. The molecule has 0 saturated carbocycles. The van der Waals surface area contributed by atoms with Gasteiger partial charge >= 0.3 is 0 Å². The van der Waals surface area contributed by atoms with Crippen molar-refractivity contribution in [2.24, 2.45) is 0 Å². The molecule has 1 heterocycles. The Morgan fingerprint density at radius 1 is 1.26 bits per heavy atom. The lowest BCUT2D eigenvalue weighted by Crippen LogP contribution is -2.07. The van der Waals surface area contributed by atoms with E-state index in [2.05, 4.69) is 22.4 Å². The topological polar surface area (TPSA) is 60.2 Å². The minimum Gasteiger partial charge on any atom is -0.396 e. The van der Waals surface area contributed by atoms with Crippen LogP contribution in [-0.4, -0.2) is 12.1 Å². The predicted molar refractivity (Wildman–Crippen MR) is 77.9 cm³/mol. The van der Waals surface area contributed by atoms with Gasteiger partial charge < -0.3 is 15.8 Å². The first-order valence-corrected chi connectivity index (χ1v) is 6.22. The predicted octanol–water partition coefficient (Wildman–Crippen LogP) is 2.73. The van der Waals surface area contributed by atoms with Crippen molar-refractivity contribution in [3.05, 3.63) is 53.2 Å². The number of pyridine rings is 1. The second-order valence-electron chi connectivity index (χ2n) is 4.51. The molecule has 2 rings (SSSR count). The Kier molecular flexibility index (Phi) is 4.36. The van der Waals surface area contributed by atoms with Gasteiger partial charge in [-0.3, -0.25) is 0 Å². The van der Waals surface area contributed by atoms with Gasteiger partial charge in [-0.1, -0.05) is 24.3 Å². The molecule has 1 aromatic carbocycles. The number of methoxy groups -OCH3 is 1. The number of rotatable bonds is 5. The van der Waals surface area contributed by atoms with E-state index in [9.17, 15) is 0 Å². The van der Waals surface area contributed by atoms with Gasteiger partial charge in [-0.2, -0.15) is 0 Å². The van der Waals surface area contributed by atoms with Crippen molar-refractivity contribution in [3.63, 3.8) is 0 Å². The van der Waals surface area contributed by atoms with Crippen LogP contribution in [0.2, 0.25) is 0 Å². The number of benzene rings is 1. The van der Waals surface area contributed by atoms with E-state index in [1.807, 2.05) is 25.1 Å². The van der Waals surface area contributed by atoms with Gasteiger partial charge in [0, 0.05) is 19.9 Å². The van der Waals surface area contributed by atoms with Crippen LogP contribution >= 0.6 is 0 Å². The first-order chi connectivity index (χ1) is 9.20. The summed E-state index contributed by atoms with van der Waals surface area (Å²) in [5, 5.41) is 3.26. The van der Waals surface area contributed by atoms with Crippen LogP contribution in [0.5, 0.6) is 0 Å². The fourth-order valence-corrected chi connectivity index (χ4v) is 1.94. The summed E-state index contributed by atoms with van der Waals surface area (Å²) in [6.07, 6.45) is 1.81. The Morgan fingerprint density at radius 2 is 2.00 bits per heavy atom. The van der Waals surface area contributed by atoms with E-state index in [0.29, 0.717) is 18.8 Å². The molecular weight excluding hydrogens is 238 g/mol. The van der Waals surface area contributed by atoms with Crippen molar-refractivity contribution in [1.29, 1.82) is 0 Å². The summed E-state index contributed by atoms with van der Waals surface area (Å²) >= 11 is 0. The monoisotopic (exact) mass is 257 g/mol. The molecular formula is C15H19N3O. The van der Waals surface area contributed by atoms with Crippen molar-refractivity contribution in [2.45, 2.75) is 20.1 Å². The standard InChI is InChI=1S/C15H19N3O/c1-11-7-14(16)15(17-8-11)18-9-12-5-3-4-6-13(12)10-19-2/h3-8H,9-10,16H2,1-2H3,(H,17,18). The number of aryl methyl sites for hydroxylation is 1. The summed E-state index contributed by atoms with van der Waals surface area (Å²) in [7, 11) is 1.70. The van der Waals surface area contributed by atoms with Crippen LogP contribution in [0, 0.1) is 6.92 Å². The van der Waals surface area contributed by atoms with Crippen molar-refractivity contribution in [3.8, 4) is 0 Å². The second-order valence-corrected chi connectivity index (χ2v) is 4.51. The molecule has 0 atom stereocenters. The molecule has 19 heavy (non-hydrogen) atoms. The highest BCUT2D eigenvalue weighted by Crippen LogP contribution is 2.18. The highest BCUT2D eigenvalue weighted by atomic mass is 16.5. The number of hydrogen-bond donors (Lipinski definition) is 2. The summed E-state index contributed by atoms with van der Waals surface area (Å²) in [6.45, 7) is 3.26. The van der Waals surface area contributed by atoms with E-state index in [0.717, 1.165) is 11.4 Å². The third-order valence-corrected chi connectivity index (χ3v) is 2.92. The van der Waals surface area contributed by atoms with Crippen LogP contribution < -0.4 is 11.1 Å². The summed E-state index contributed by atoms with van der Waals surface area (Å²) < 4.78 is 5.19. The Labute approximate surface area is 113 Å². The van der Waals surface area contributed by atoms with E-state index in [1.54, 1.807) is 13.3 Å². The zero-order valence-electron chi connectivity index (χ0n) is 11.3. The van der Waals surface area contributed by atoms with Crippen LogP contribution in [0.1, 0.15) is 16.7 Å². The van der Waals surface area contributed by atoms with E-state index < -0.39 is 0 Å². The van der Waals surface area contributed by atoms with Crippen LogP contribution in [0.15, 0.2) is 36.5 Å². The van der Waals surface area contributed by atoms with E-state index in [-0.39, 0.29) is 0 Å². The Hall–Kier alpha value is -2.07. The number of anilines is 2. The summed E-state index contributed by atoms with van der Waals surface area (Å²) in [6, 6.07) is 10.1. The van der Waals surface area contributed by atoms with Crippen molar-refractivity contribution < 1.29 is 4.74 Å². The molecule has 3 N–H and O–H groups in total. The minimum absolute atomic E-state index is 0.606. The molecule has 0 saturated heterocycles. The number of nitrogen functional groups attached to an aromatic ring is 1. The van der Waals surface area contributed by atoms with Gasteiger partial charge in [0.15, 0.2) is 0 Å². The second kappa shape index (κ2) is 6.20. The zero-order valence-corrected chi connectivity index (χ0v) is 11.3. The fourth-order valence-electron chi connectivity index (χ4n) is 1.94. The van der Waals surface area contributed by atoms with Crippen molar-refractivity contribution >= 4 is 11.5 Å². The van der Waals surface area contributed by atoms with Gasteiger partial charge in [-0.05, 0) is 29.7 Å². The third kappa shape index (κ3) is 3.45. The van der Waals surface area contributed by atoms with Crippen molar-refractivity contribution in [1.82, 2.24) is 4.98 Å². The van der Waals surface area contributed by atoms with Gasteiger partial charge in [0.1, 0.15) is 5.82 Å². The Balaban J connectivity index is 2.10. The highest BCUT2D eigenvalue weighted by molar-refractivity contribution is 5.61. The van der Waals surface area contributed by atoms with E-state index in [4.69, 9.17) is 10.5 Å². The van der Waals surface area contributed by atoms with E-state index >= 15 is 0 Å². The van der Waals surface area contributed by atoms with Gasteiger partial charge in [0.2, 0.25) is 0 Å². The number of hydrogen-bond acceptors (Lipinski definition) is 4. The Bertz CT molecular complexity index is 555. The SMILES string of the molecule is COCc1ccccc1CNc1ncc(C)cc1N. The smallest absolute Gasteiger partial charge is 0.149 e. The first kappa shape index (κ1) is 13.4. The quantitative estimate of drug-likeness (QED) is 0.864. The van der Waals surface area contributed by atoms with Crippen LogP contribution in [0.4, 0.5) is 11.5 Å². The lowest BCUT2D eigenvalue weighted by atomic mass is 10.1. The van der Waals surface area contributed by atoms with Crippen LogP contribution in [0.3, 0.4) is 0 Å². The van der Waals surface area contributed by atoms with Gasteiger partial charge in [-0.15, -0.1) is 0 Å². The van der Waals surface area contributed by atoms with Gasteiger partial charge in [0.25, 0.3) is 0 Å². The zero-order chi connectivity index (χ0) is 13.7. The number of ether oxygens (including phenoxy) is 1. The maximum absolute atomic E-state index is 5.93. The molecule has 0 bridgehead atoms. The lowest BCUT2D eigenvalue weighted by molar-refractivity contribution is 0.184. The molecule has 0 spiro atoms. The molecule has 2 aromatic rings. The molecule has 0 unspecified atom stereocenters. The Morgan fingerprint density at radius 3 is 2.68 bits per heavy atom. The molecule has 4 nitrogen and oxygen atoms in total. The minimum atomic E-state index is 0.606. The molecule has 4 heteroatoms. The number of aromatic nitrogens is 1.